The van der Waals surface area contributed by atoms with E-state index in [-0.39, 0.29) is 5.13 Å². The molecule has 2 rings (SSSR count). The van der Waals surface area contributed by atoms with E-state index >= 15 is 0 Å². The van der Waals surface area contributed by atoms with Gasteiger partial charge in [0.1, 0.15) is 17.3 Å². The van der Waals surface area contributed by atoms with Crippen molar-refractivity contribution in [3.63, 3.8) is 0 Å². The van der Waals surface area contributed by atoms with Gasteiger partial charge in [0.15, 0.2) is 11.0 Å². The number of nitrogens with two attached hydrogens (primary N) is 1. The largest absolute Gasteiger partial charge is 0.465 e. The molecule has 8 heteroatoms. The lowest BCUT2D eigenvalue weighted by atomic mass is 10.3. The number of anilines is 1. The highest BCUT2D eigenvalue weighted by Gasteiger charge is 2.22. The third-order valence-electron chi connectivity index (χ3n) is 2.21. The summed E-state index contributed by atoms with van der Waals surface area (Å²) in [6.45, 7) is 0.313. The summed E-state index contributed by atoms with van der Waals surface area (Å²) in [6, 6.07) is 0. The summed E-state index contributed by atoms with van der Waals surface area (Å²) in [5.41, 5.74) is 6.04. The Morgan fingerprint density at radius 2 is 2.33 bits per heavy atom. The monoisotopic (exact) mass is 268 g/mol. The average Bonchev–Trinajstić information content (AvgIpc) is 2.95. The summed E-state index contributed by atoms with van der Waals surface area (Å²) in [6.07, 6.45) is 3.33. The smallest absolute Gasteiger partial charge is 0.350 e. The fourth-order valence-electron chi connectivity index (χ4n) is 1.49. The molecule has 96 valence electrons. The first kappa shape index (κ1) is 12.5. The number of thiazole rings is 1. The molecule has 0 radical (unpaired) electrons. The maximum atomic E-state index is 11.6. The second-order valence-corrected chi connectivity index (χ2v) is 4.39. The molecule has 0 aliphatic heterocycles. The van der Waals surface area contributed by atoms with Crippen LogP contribution in [0, 0.1) is 0 Å². The van der Waals surface area contributed by atoms with Crippen molar-refractivity contribution in [2.75, 3.05) is 20.0 Å². The lowest BCUT2D eigenvalue weighted by Gasteiger charge is -2.05. The maximum Gasteiger partial charge on any atom is 0.350 e. The SMILES string of the molecule is COCn1ccnc1-c1nc(N)sc1C(=O)OC. The molecule has 2 aromatic rings. The molecule has 0 atom stereocenters. The number of carbonyl (C=O) groups is 1. The second kappa shape index (κ2) is 5.15. The predicted octanol–water partition coefficient (Wildman–Crippen LogP) is 0.979. The third kappa shape index (κ3) is 2.20. The van der Waals surface area contributed by atoms with E-state index in [2.05, 4.69) is 9.97 Å². The molecule has 2 aromatic heterocycles. The van der Waals surface area contributed by atoms with Crippen LogP contribution in [-0.2, 0) is 16.2 Å². The van der Waals surface area contributed by atoms with E-state index in [1.54, 1.807) is 24.1 Å². The maximum absolute atomic E-state index is 11.6. The molecule has 0 aromatic carbocycles. The number of nitrogen functional groups attached to an aromatic ring is 1. The molecule has 0 saturated carbocycles. The van der Waals surface area contributed by atoms with E-state index in [1.807, 2.05) is 0 Å². The average molecular weight is 268 g/mol. The summed E-state index contributed by atoms with van der Waals surface area (Å²) >= 11 is 1.07. The van der Waals surface area contributed by atoms with Crippen molar-refractivity contribution in [3.8, 4) is 11.5 Å². The van der Waals surface area contributed by atoms with Crippen LogP contribution in [0.3, 0.4) is 0 Å². The van der Waals surface area contributed by atoms with Crippen molar-refractivity contribution in [2.24, 2.45) is 0 Å². The van der Waals surface area contributed by atoms with Crippen LogP contribution in [0.5, 0.6) is 0 Å². The Labute approximate surface area is 107 Å². The molecule has 0 saturated heterocycles. The van der Waals surface area contributed by atoms with Crippen LogP contribution in [-0.4, -0.2) is 34.7 Å². The Bertz CT molecular complexity index is 563. The van der Waals surface area contributed by atoms with E-state index in [9.17, 15) is 4.79 Å². The molecule has 0 fully saturated rings. The molecule has 0 bridgehead atoms. The van der Waals surface area contributed by atoms with Crippen molar-refractivity contribution >= 4 is 22.4 Å². The first-order valence-corrected chi connectivity index (χ1v) is 5.84. The number of rotatable bonds is 4. The molecule has 7 nitrogen and oxygen atoms in total. The van der Waals surface area contributed by atoms with Crippen molar-refractivity contribution in [3.05, 3.63) is 17.3 Å². The number of nitrogens with zero attached hydrogens (tertiary/aromatic N) is 3. The minimum atomic E-state index is -0.480. The number of carbonyl (C=O) groups excluding carboxylic acids is 1. The standard InChI is InChI=1S/C10H12N4O3S/c1-16-5-14-4-3-12-8(14)6-7(9(15)17-2)18-10(11)13-6/h3-4H,5H2,1-2H3,(H2,11,13). The number of hydrogen-bond donors (Lipinski definition) is 1. The Balaban J connectivity index is 2.49. The van der Waals surface area contributed by atoms with E-state index < -0.39 is 5.97 Å². The molecule has 0 aliphatic carbocycles. The van der Waals surface area contributed by atoms with Gasteiger partial charge in [0.05, 0.1) is 7.11 Å². The Kier molecular flexibility index (Phi) is 3.58. The van der Waals surface area contributed by atoms with E-state index in [0.29, 0.717) is 23.1 Å². The number of aromatic nitrogens is 3. The molecule has 0 amide bonds. The normalized spacial score (nSPS) is 10.6. The van der Waals surface area contributed by atoms with Gasteiger partial charge in [0.25, 0.3) is 0 Å². The molecule has 18 heavy (non-hydrogen) atoms. The highest BCUT2D eigenvalue weighted by Crippen LogP contribution is 2.29. The van der Waals surface area contributed by atoms with E-state index in [0.717, 1.165) is 11.3 Å². The number of hydrogen-bond acceptors (Lipinski definition) is 7. The fourth-order valence-corrected chi connectivity index (χ4v) is 2.24. The Hall–Kier alpha value is -1.93. The summed E-state index contributed by atoms with van der Waals surface area (Å²) in [4.78, 5) is 20.2. The number of methoxy groups -OCH3 is 2. The Morgan fingerprint density at radius 1 is 1.56 bits per heavy atom. The van der Waals surface area contributed by atoms with Gasteiger partial charge in [-0.2, -0.15) is 0 Å². The van der Waals surface area contributed by atoms with Crippen LogP contribution in [0.1, 0.15) is 9.67 Å². The van der Waals surface area contributed by atoms with E-state index in [1.165, 1.54) is 7.11 Å². The first-order valence-electron chi connectivity index (χ1n) is 5.02. The molecule has 0 aliphatic rings. The van der Waals surface area contributed by atoms with Crippen molar-refractivity contribution in [1.82, 2.24) is 14.5 Å². The predicted molar refractivity (Wildman–Crippen MR) is 66.1 cm³/mol. The van der Waals surface area contributed by atoms with Crippen LogP contribution in [0.15, 0.2) is 12.4 Å². The molecule has 0 unspecified atom stereocenters. The number of esters is 1. The van der Waals surface area contributed by atoms with Gasteiger partial charge in [-0.3, -0.25) is 0 Å². The van der Waals surface area contributed by atoms with Gasteiger partial charge in [-0.15, -0.1) is 0 Å². The first-order chi connectivity index (χ1) is 8.67. The zero-order chi connectivity index (χ0) is 13.1. The van der Waals surface area contributed by atoms with Crippen molar-refractivity contribution in [1.29, 1.82) is 0 Å². The molecule has 2 heterocycles. The van der Waals surface area contributed by atoms with Crippen molar-refractivity contribution < 1.29 is 14.3 Å². The highest BCUT2D eigenvalue weighted by molar-refractivity contribution is 7.17. The Morgan fingerprint density at radius 3 is 3.00 bits per heavy atom. The van der Waals surface area contributed by atoms with Crippen LogP contribution < -0.4 is 5.73 Å². The van der Waals surface area contributed by atoms with Gasteiger partial charge in [0, 0.05) is 19.5 Å². The molecule has 0 spiro atoms. The minimum absolute atomic E-state index is 0.289. The van der Waals surface area contributed by atoms with Crippen LogP contribution in [0.4, 0.5) is 5.13 Å². The van der Waals surface area contributed by atoms with E-state index in [4.69, 9.17) is 15.2 Å². The summed E-state index contributed by atoms with van der Waals surface area (Å²) in [5, 5.41) is 0.289. The third-order valence-corrected chi connectivity index (χ3v) is 3.07. The minimum Gasteiger partial charge on any atom is -0.465 e. The van der Waals surface area contributed by atoms with Gasteiger partial charge in [-0.05, 0) is 0 Å². The zero-order valence-electron chi connectivity index (χ0n) is 9.91. The topological polar surface area (TPSA) is 92.3 Å². The van der Waals surface area contributed by atoms with Crippen LogP contribution in [0.2, 0.25) is 0 Å². The zero-order valence-corrected chi connectivity index (χ0v) is 10.7. The lowest BCUT2D eigenvalue weighted by Crippen LogP contribution is -2.05. The molecular formula is C10H12N4O3S. The number of ether oxygens (including phenoxy) is 2. The molecular weight excluding hydrogens is 256 g/mol. The van der Waals surface area contributed by atoms with Crippen LogP contribution >= 0.6 is 11.3 Å². The van der Waals surface area contributed by atoms with Gasteiger partial charge in [-0.25, -0.2) is 14.8 Å². The van der Waals surface area contributed by atoms with Gasteiger partial charge < -0.3 is 19.8 Å². The second-order valence-electron chi connectivity index (χ2n) is 3.36. The molecule has 2 N–H and O–H groups in total. The fraction of sp³-hybridized carbons (Fsp3) is 0.300. The lowest BCUT2D eigenvalue weighted by molar-refractivity contribution is 0.0606. The number of imidazole rings is 1. The quantitative estimate of drug-likeness (QED) is 0.831. The highest BCUT2D eigenvalue weighted by atomic mass is 32.1. The van der Waals surface area contributed by atoms with Gasteiger partial charge >= 0.3 is 5.97 Å². The van der Waals surface area contributed by atoms with Gasteiger partial charge in [-0.1, -0.05) is 11.3 Å². The van der Waals surface area contributed by atoms with Crippen LogP contribution in [0.25, 0.3) is 11.5 Å². The van der Waals surface area contributed by atoms with Crippen molar-refractivity contribution in [2.45, 2.75) is 6.73 Å². The summed E-state index contributed by atoms with van der Waals surface area (Å²) in [7, 11) is 2.88. The van der Waals surface area contributed by atoms with Gasteiger partial charge in [0.2, 0.25) is 0 Å². The summed E-state index contributed by atoms with van der Waals surface area (Å²) < 4.78 is 11.5. The summed E-state index contributed by atoms with van der Waals surface area (Å²) in [5.74, 6) is 0.0383.